The van der Waals surface area contributed by atoms with E-state index >= 15 is 0 Å². The average molecular weight is 254 g/mol. The molecule has 1 aromatic carbocycles. The Morgan fingerprint density at radius 3 is 2.63 bits per heavy atom. The Morgan fingerprint density at radius 1 is 1.26 bits per heavy atom. The molecule has 0 radical (unpaired) electrons. The first-order chi connectivity index (χ1) is 9.26. The lowest BCUT2D eigenvalue weighted by molar-refractivity contribution is -0.126. The van der Waals surface area contributed by atoms with E-state index in [9.17, 15) is 4.79 Å². The molecule has 2 saturated carbocycles. The highest BCUT2D eigenvalue weighted by Gasteiger charge is 2.42. The summed E-state index contributed by atoms with van der Waals surface area (Å²) in [4.78, 5) is 12.2. The monoisotopic (exact) mass is 254 g/mol. The molecule has 0 aromatic heterocycles. The molecule has 3 rings (SSSR count). The Balaban J connectivity index is 1.54. The van der Waals surface area contributed by atoms with Gasteiger partial charge in [-0.05, 0) is 48.8 Å². The van der Waals surface area contributed by atoms with Crippen LogP contribution in [0.4, 0.5) is 0 Å². The Hall–Kier alpha value is -1.82. The predicted octanol–water partition coefficient (Wildman–Crippen LogP) is 2.61. The van der Waals surface area contributed by atoms with E-state index in [2.05, 4.69) is 11.4 Å². The maximum absolute atomic E-state index is 12.2. The van der Waals surface area contributed by atoms with E-state index in [-0.39, 0.29) is 11.8 Å². The van der Waals surface area contributed by atoms with E-state index in [1.54, 1.807) is 12.1 Å². The number of carbonyl (C=O) groups excluding carboxylic acids is 1. The van der Waals surface area contributed by atoms with Crippen LogP contribution in [-0.2, 0) is 11.3 Å². The second kappa shape index (κ2) is 5.05. The summed E-state index contributed by atoms with van der Waals surface area (Å²) in [6.07, 6.45) is 4.91. The van der Waals surface area contributed by atoms with Crippen LogP contribution in [-0.4, -0.2) is 5.91 Å². The third kappa shape index (κ3) is 2.49. The standard InChI is InChI=1S/C16H18N2O/c17-9-11-1-3-12(4-2-11)10-18-16(19)15-8-13-5-6-14(15)7-13/h1-4,13-15H,5-8,10H2,(H,18,19). The molecule has 0 heterocycles. The van der Waals surface area contributed by atoms with Crippen molar-refractivity contribution in [3.8, 4) is 6.07 Å². The van der Waals surface area contributed by atoms with Crippen LogP contribution in [0.3, 0.4) is 0 Å². The summed E-state index contributed by atoms with van der Waals surface area (Å²) in [5.74, 6) is 1.90. The third-order valence-electron chi connectivity index (χ3n) is 4.62. The fourth-order valence-electron chi connectivity index (χ4n) is 3.58. The van der Waals surface area contributed by atoms with Crippen LogP contribution in [0.2, 0.25) is 0 Å². The van der Waals surface area contributed by atoms with Gasteiger partial charge in [0, 0.05) is 12.5 Å². The molecular formula is C16H18N2O. The number of rotatable bonds is 3. The highest BCUT2D eigenvalue weighted by atomic mass is 16.1. The zero-order valence-corrected chi connectivity index (χ0v) is 10.9. The second-order valence-electron chi connectivity index (χ2n) is 5.81. The summed E-state index contributed by atoms with van der Waals surface area (Å²) in [5.41, 5.74) is 1.71. The lowest BCUT2D eigenvalue weighted by atomic mass is 9.88. The van der Waals surface area contributed by atoms with E-state index < -0.39 is 0 Å². The smallest absolute Gasteiger partial charge is 0.223 e. The molecule has 2 bridgehead atoms. The SMILES string of the molecule is N#Cc1ccc(CNC(=O)C2CC3CCC2C3)cc1. The second-order valence-corrected chi connectivity index (χ2v) is 5.81. The van der Waals surface area contributed by atoms with Crippen LogP contribution in [0.5, 0.6) is 0 Å². The molecule has 98 valence electrons. The first kappa shape index (κ1) is 12.2. The van der Waals surface area contributed by atoms with Crippen molar-refractivity contribution in [3.63, 3.8) is 0 Å². The van der Waals surface area contributed by atoms with E-state index in [1.165, 1.54) is 19.3 Å². The summed E-state index contributed by atoms with van der Waals surface area (Å²) in [6, 6.07) is 9.48. The summed E-state index contributed by atoms with van der Waals surface area (Å²) in [6.45, 7) is 0.568. The number of fused-ring (bicyclic) bond motifs is 2. The van der Waals surface area contributed by atoms with E-state index in [0.29, 0.717) is 18.0 Å². The van der Waals surface area contributed by atoms with E-state index in [0.717, 1.165) is 17.9 Å². The van der Waals surface area contributed by atoms with Gasteiger partial charge in [0.15, 0.2) is 0 Å². The molecule has 2 aliphatic carbocycles. The summed E-state index contributed by atoms with van der Waals surface area (Å²) >= 11 is 0. The molecule has 1 aromatic rings. The quantitative estimate of drug-likeness (QED) is 0.901. The van der Waals surface area contributed by atoms with Gasteiger partial charge in [-0.15, -0.1) is 0 Å². The van der Waals surface area contributed by atoms with Crippen LogP contribution < -0.4 is 5.32 Å². The van der Waals surface area contributed by atoms with Crippen LogP contribution in [0, 0.1) is 29.1 Å². The Kier molecular flexibility index (Phi) is 3.25. The van der Waals surface area contributed by atoms with Gasteiger partial charge in [-0.1, -0.05) is 18.6 Å². The van der Waals surface area contributed by atoms with E-state index in [4.69, 9.17) is 5.26 Å². The molecule has 3 nitrogen and oxygen atoms in total. The number of benzene rings is 1. The predicted molar refractivity (Wildman–Crippen MR) is 71.9 cm³/mol. The molecule has 2 fully saturated rings. The van der Waals surface area contributed by atoms with Gasteiger partial charge in [-0.25, -0.2) is 0 Å². The van der Waals surface area contributed by atoms with Gasteiger partial charge in [0.05, 0.1) is 11.6 Å². The molecule has 3 atom stereocenters. The lowest BCUT2D eigenvalue weighted by Crippen LogP contribution is -2.33. The molecule has 2 aliphatic rings. The molecule has 1 amide bonds. The first-order valence-corrected chi connectivity index (χ1v) is 7.03. The van der Waals surface area contributed by atoms with Crippen molar-refractivity contribution >= 4 is 5.91 Å². The van der Waals surface area contributed by atoms with Crippen LogP contribution >= 0.6 is 0 Å². The molecule has 0 aliphatic heterocycles. The maximum atomic E-state index is 12.2. The molecule has 19 heavy (non-hydrogen) atoms. The fraction of sp³-hybridized carbons (Fsp3) is 0.500. The molecule has 3 unspecified atom stereocenters. The number of hydrogen-bond donors (Lipinski definition) is 1. The van der Waals surface area contributed by atoms with Crippen LogP contribution in [0.15, 0.2) is 24.3 Å². The number of nitrogens with one attached hydrogen (secondary N) is 1. The van der Waals surface area contributed by atoms with Gasteiger partial charge in [-0.2, -0.15) is 5.26 Å². The van der Waals surface area contributed by atoms with Crippen molar-refractivity contribution in [2.24, 2.45) is 17.8 Å². The molecular weight excluding hydrogens is 236 g/mol. The third-order valence-corrected chi connectivity index (χ3v) is 4.62. The van der Waals surface area contributed by atoms with Gasteiger partial charge in [-0.3, -0.25) is 4.79 Å². The molecule has 1 N–H and O–H groups in total. The minimum absolute atomic E-state index is 0.219. The minimum atomic E-state index is 0.219. The highest BCUT2D eigenvalue weighted by molar-refractivity contribution is 5.79. The van der Waals surface area contributed by atoms with Gasteiger partial charge in [0.2, 0.25) is 5.91 Å². The van der Waals surface area contributed by atoms with Gasteiger partial charge >= 0.3 is 0 Å². The zero-order valence-electron chi connectivity index (χ0n) is 10.9. The fourth-order valence-corrected chi connectivity index (χ4v) is 3.58. The number of carbonyl (C=O) groups is 1. The van der Waals surface area contributed by atoms with Crippen LogP contribution in [0.1, 0.15) is 36.8 Å². The maximum Gasteiger partial charge on any atom is 0.223 e. The van der Waals surface area contributed by atoms with E-state index in [1.807, 2.05) is 12.1 Å². The molecule has 0 saturated heterocycles. The van der Waals surface area contributed by atoms with Crippen molar-refractivity contribution in [3.05, 3.63) is 35.4 Å². The van der Waals surface area contributed by atoms with Crippen LogP contribution in [0.25, 0.3) is 0 Å². The van der Waals surface area contributed by atoms with Gasteiger partial charge in [0.25, 0.3) is 0 Å². The first-order valence-electron chi connectivity index (χ1n) is 7.03. The number of nitrogens with zero attached hydrogens (tertiary/aromatic N) is 1. The summed E-state index contributed by atoms with van der Waals surface area (Å²) < 4.78 is 0. The zero-order chi connectivity index (χ0) is 13.2. The Bertz CT molecular complexity index is 515. The van der Waals surface area contributed by atoms with Crippen molar-refractivity contribution in [1.29, 1.82) is 5.26 Å². The minimum Gasteiger partial charge on any atom is -0.352 e. The van der Waals surface area contributed by atoms with Crippen molar-refractivity contribution in [2.75, 3.05) is 0 Å². The van der Waals surface area contributed by atoms with Crippen molar-refractivity contribution in [1.82, 2.24) is 5.32 Å². The molecule has 0 spiro atoms. The number of hydrogen-bond acceptors (Lipinski definition) is 2. The lowest BCUT2D eigenvalue weighted by Gasteiger charge is -2.20. The normalized spacial score (nSPS) is 28.1. The molecule has 3 heteroatoms. The average Bonchev–Trinajstić information content (AvgIpc) is 3.08. The topological polar surface area (TPSA) is 52.9 Å². The van der Waals surface area contributed by atoms with Crippen molar-refractivity contribution < 1.29 is 4.79 Å². The number of nitriles is 1. The van der Waals surface area contributed by atoms with Gasteiger partial charge < -0.3 is 5.32 Å². The Morgan fingerprint density at radius 2 is 2.05 bits per heavy atom. The Labute approximate surface area is 113 Å². The number of amides is 1. The summed E-state index contributed by atoms with van der Waals surface area (Å²) in [7, 11) is 0. The van der Waals surface area contributed by atoms with Gasteiger partial charge in [0.1, 0.15) is 0 Å². The highest BCUT2D eigenvalue weighted by Crippen LogP contribution is 2.48. The van der Waals surface area contributed by atoms with Crippen molar-refractivity contribution in [2.45, 2.75) is 32.2 Å². The largest absolute Gasteiger partial charge is 0.352 e. The summed E-state index contributed by atoms with van der Waals surface area (Å²) in [5, 5.41) is 11.8.